The zero-order chi connectivity index (χ0) is 13.8. The first-order valence-corrected chi connectivity index (χ1v) is 8.66. The number of sulfonamides is 1. The predicted molar refractivity (Wildman–Crippen MR) is 71.5 cm³/mol. The van der Waals surface area contributed by atoms with Gasteiger partial charge in [0.15, 0.2) is 0 Å². The van der Waals surface area contributed by atoms with Crippen LogP contribution in [-0.4, -0.2) is 36.4 Å². The quantitative estimate of drug-likeness (QED) is 0.763. The Morgan fingerprint density at radius 1 is 1.47 bits per heavy atom. The van der Waals surface area contributed by atoms with Crippen molar-refractivity contribution in [3.8, 4) is 0 Å². The maximum absolute atomic E-state index is 12.4. The van der Waals surface area contributed by atoms with Crippen LogP contribution in [0.25, 0.3) is 0 Å². The molecule has 1 aromatic heterocycles. The summed E-state index contributed by atoms with van der Waals surface area (Å²) in [5, 5.41) is 21.7. The van der Waals surface area contributed by atoms with Crippen LogP contribution in [0.1, 0.15) is 24.1 Å². The van der Waals surface area contributed by atoms with Crippen LogP contribution in [0, 0.1) is 12.8 Å². The lowest BCUT2D eigenvalue weighted by molar-refractivity contribution is -0.0283. The van der Waals surface area contributed by atoms with Gasteiger partial charge in [-0.25, -0.2) is 13.1 Å². The number of aryl methyl sites for hydroxylation is 1. The second kappa shape index (κ2) is 4.26. The van der Waals surface area contributed by atoms with Crippen LogP contribution in [0.2, 0.25) is 0 Å². The highest BCUT2D eigenvalue weighted by Crippen LogP contribution is 2.48. The standard InChI is InChI=1S/C12H17NO4S2/c1-7-9(3-5-18-7)19(16,17)13-12-4-2-8(6-12)10(14)11(12)15/h3,5,8,10-11,13-15H,2,4,6H2,1H3/t8?,10-,11-,12?/m0/s1. The number of thiophene rings is 1. The summed E-state index contributed by atoms with van der Waals surface area (Å²) in [6, 6.07) is 1.57. The van der Waals surface area contributed by atoms with E-state index in [9.17, 15) is 18.6 Å². The second-order valence-corrected chi connectivity index (χ2v) is 8.31. The molecule has 106 valence electrons. The molecule has 0 amide bonds. The molecule has 5 nitrogen and oxygen atoms in total. The van der Waals surface area contributed by atoms with E-state index < -0.39 is 27.8 Å². The molecule has 2 fully saturated rings. The average molecular weight is 303 g/mol. The Hall–Kier alpha value is -0.470. The Morgan fingerprint density at radius 2 is 2.21 bits per heavy atom. The molecule has 19 heavy (non-hydrogen) atoms. The Labute approximate surface area is 116 Å². The summed E-state index contributed by atoms with van der Waals surface area (Å²) in [6.45, 7) is 1.76. The molecule has 2 aliphatic rings. The van der Waals surface area contributed by atoms with E-state index in [1.54, 1.807) is 18.4 Å². The van der Waals surface area contributed by atoms with Gasteiger partial charge in [-0.1, -0.05) is 0 Å². The van der Waals surface area contributed by atoms with Crippen molar-refractivity contribution < 1.29 is 18.6 Å². The summed E-state index contributed by atoms with van der Waals surface area (Å²) in [5.41, 5.74) is -0.892. The fraction of sp³-hybridized carbons (Fsp3) is 0.667. The van der Waals surface area contributed by atoms with E-state index in [1.807, 2.05) is 0 Å². The summed E-state index contributed by atoms with van der Waals surface area (Å²) in [7, 11) is -3.64. The molecule has 2 bridgehead atoms. The number of fused-ring (bicyclic) bond motifs is 2. The molecule has 0 radical (unpaired) electrons. The Bertz CT molecular complexity index is 597. The van der Waals surface area contributed by atoms with E-state index >= 15 is 0 Å². The van der Waals surface area contributed by atoms with Gasteiger partial charge in [0.05, 0.1) is 22.6 Å². The Morgan fingerprint density at radius 3 is 2.74 bits per heavy atom. The van der Waals surface area contributed by atoms with Gasteiger partial charge in [-0.3, -0.25) is 0 Å². The molecule has 3 N–H and O–H groups in total. The minimum absolute atomic E-state index is 0.00118. The van der Waals surface area contributed by atoms with Crippen LogP contribution in [0.4, 0.5) is 0 Å². The number of aliphatic hydroxyl groups is 2. The van der Waals surface area contributed by atoms with Crippen LogP contribution in [0.15, 0.2) is 16.3 Å². The lowest BCUT2D eigenvalue weighted by atomic mass is 9.90. The molecule has 3 rings (SSSR count). The van der Waals surface area contributed by atoms with Gasteiger partial charge in [0.2, 0.25) is 10.0 Å². The van der Waals surface area contributed by atoms with Gasteiger partial charge in [-0.05, 0) is 43.6 Å². The molecule has 2 saturated carbocycles. The third-order valence-corrected chi connectivity index (χ3v) is 7.07. The number of aliphatic hydroxyl groups excluding tert-OH is 2. The first-order valence-electron chi connectivity index (χ1n) is 6.30. The average Bonchev–Trinajstić information content (AvgIpc) is 2.98. The minimum Gasteiger partial charge on any atom is -0.390 e. The van der Waals surface area contributed by atoms with Crippen molar-refractivity contribution in [3.63, 3.8) is 0 Å². The molecule has 0 saturated heterocycles. The number of hydrogen-bond acceptors (Lipinski definition) is 5. The summed E-state index contributed by atoms with van der Waals surface area (Å²) in [5.74, 6) is 0.00118. The van der Waals surface area contributed by atoms with Crippen molar-refractivity contribution in [3.05, 3.63) is 16.3 Å². The third kappa shape index (κ3) is 1.95. The SMILES string of the molecule is Cc1sccc1S(=O)(=O)NC12CCC(C1)[C@H](O)[C@@H]2O. The lowest BCUT2D eigenvalue weighted by Gasteiger charge is -2.34. The number of hydrogen-bond donors (Lipinski definition) is 3. The first kappa shape index (κ1) is 13.5. The topological polar surface area (TPSA) is 86.6 Å². The lowest BCUT2D eigenvalue weighted by Crippen LogP contribution is -2.56. The minimum atomic E-state index is -3.64. The smallest absolute Gasteiger partial charge is 0.242 e. The highest BCUT2D eigenvalue weighted by atomic mass is 32.2. The molecule has 1 heterocycles. The van der Waals surface area contributed by atoms with Crippen LogP contribution in [0.5, 0.6) is 0 Å². The van der Waals surface area contributed by atoms with Crippen LogP contribution >= 0.6 is 11.3 Å². The zero-order valence-corrected chi connectivity index (χ0v) is 12.2. The fourth-order valence-corrected chi connectivity index (χ4v) is 6.12. The number of nitrogens with one attached hydrogen (secondary N) is 1. The molecule has 7 heteroatoms. The highest BCUT2D eigenvalue weighted by molar-refractivity contribution is 7.89. The summed E-state index contributed by atoms with van der Waals surface area (Å²) < 4.78 is 27.5. The molecule has 2 unspecified atom stereocenters. The molecular weight excluding hydrogens is 286 g/mol. The van der Waals surface area contributed by atoms with Gasteiger partial charge in [0.1, 0.15) is 0 Å². The molecule has 0 spiro atoms. The van der Waals surface area contributed by atoms with Gasteiger partial charge >= 0.3 is 0 Å². The molecule has 0 aliphatic heterocycles. The fourth-order valence-electron chi connectivity index (χ4n) is 3.39. The normalized spacial score (nSPS) is 37.9. The van der Waals surface area contributed by atoms with Crippen molar-refractivity contribution in [1.29, 1.82) is 0 Å². The summed E-state index contributed by atoms with van der Waals surface area (Å²) >= 11 is 1.38. The van der Waals surface area contributed by atoms with Crippen LogP contribution in [-0.2, 0) is 10.0 Å². The second-order valence-electron chi connectivity index (χ2n) is 5.54. The largest absolute Gasteiger partial charge is 0.390 e. The molecule has 2 aliphatic carbocycles. The van der Waals surface area contributed by atoms with Gasteiger partial charge in [0.25, 0.3) is 0 Å². The van der Waals surface area contributed by atoms with E-state index in [2.05, 4.69) is 4.72 Å². The van der Waals surface area contributed by atoms with Gasteiger partial charge < -0.3 is 10.2 Å². The molecule has 0 aromatic carbocycles. The predicted octanol–water partition coefficient (Wildman–Crippen LogP) is 0.609. The number of rotatable bonds is 3. The molecule has 4 atom stereocenters. The monoisotopic (exact) mass is 303 g/mol. The van der Waals surface area contributed by atoms with Crippen molar-refractivity contribution in [2.24, 2.45) is 5.92 Å². The van der Waals surface area contributed by atoms with Gasteiger partial charge in [-0.2, -0.15) is 0 Å². The molecular formula is C12H17NO4S2. The summed E-state index contributed by atoms with van der Waals surface area (Å²) in [4.78, 5) is 0.996. The molecule has 1 aromatic rings. The van der Waals surface area contributed by atoms with E-state index in [0.717, 1.165) is 11.3 Å². The summed E-state index contributed by atoms with van der Waals surface area (Å²) in [6.07, 6.45) is 0.0133. The highest BCUT2D eigenvalue weighted by Gasteiger charge is 2.58. The van der Waals surface area contributed by atoms with Crippen molar-refractivity contribution in [2.45, 2.75) is 48.8 Å². The van der Waals surface area contributed by atoms with Crippen molar-refractivity contribution >= 4 is 21.4 Å². The van der Waals surface area contributed by atoms with Crippen LogP contribution in [0.3, 0.4) is 0 Å². The van der Waals surface area contributed by atoms with Gasteiger partial charge in [-0.15, -0.1) is 11.3 Å². The van der Waals surface area contributed by atoms with E-state index in [4.69, 9.17) is 0 Å². The maximum atomic E-state index is 12.4. The first-order chi connectivity index (χ1) is 8.86. The Kier molecular flexibility index (Phi) is 3.03. The van der Waals surface area contributed by atoms with E-state index in [-0.39, 0.29) is 10.8 Å². The van der Waals surface area contributed by atoms with E-state index in [0.29, 0.717) is 12.8 Å². The zero-order valence-electron chi connectivity index (χ0n) is 10.5. The van der Waals surface area contributed by atoms with Crippen molar-refractivity contribution in [2.75, 3.05) is 0 Å². The third-order valence-electron chi connectivity index (χ3n) is 4.40. The van der Waals surface area contributed by atoms with Crippen molar-refractivity contribution in [1.82, 2.24) is 4.72 Å². The Balaban J connectivity index is 1.92. The van der Waals surface area contributed by atoms with Gasteiger partial charge in [0, 0.05) is 4.88 Å². The van der Waals surface area contributed by atoms with E-state index in [1.165, 1.54) is 11.3 Å². The maximum Gasteiger partial charge on any atom is 0.242 e. The van der Waals surface area contributed by atoms with Crippen LogP contribution < -0.4 is 4.72 Å².